The van der Waals surface area contributed by atoms with Crippen molar-refractivity contribution >= 4 is 0 Å². The van der Waals surface area contributed by atoms with Crippen LogP contribution in [0.25, 0.3) is 0 Å². The molecule has 0 aromatic heterocycles. The Balaban J connectivity index is 2.54. The fraction of sp³-hybridized carbons (Fsp3) is 1.00. The summed E-state index contributed by atoms with van der Waals surface area (Å²) >= 11 is 0. The second kappa shape index (κ2) is 2.15. The number of alkyl halides is 1. The quantitative estimate of drug-likeness (QED) is 0.447. The molecule has 1 radical (unpaired) electrons. The Morgan fingerprint density at radius 1 is 2.00 bits per heavy atom. The fourth-order valence-electron chi connectivity index (χ4n) is 0. The predicted octanol–water partition coefficient (Wildman–Crippen LogP) is 1.12. The molecule has 0 aromatic rings. The Morgan fingerprint density at radius 3 is 2.20 bits per heavy atom. The first-order chi connectivity index (χ1) is 2.27. The van der Waals surface area contributed by atoms with Crippen LogP contribution in [0, 0.1) is 0 Å². The zero-order chi connectivity index (χ0) is 4.28. The van der Waals surface area contributed by atoms with Crippen LogP contribution in [0.15, 0.2) is 0 Å². The third kappa shape index (κ3) is 3.89. The van der Waals surface area contributed by atoms with Crippen LogP contribution in [0.3, 0.4) is 0 Å². The summed E-state index contributed by atoms with van der Waals surface area (Å²) in [5.74, 6) is 0. The maximum atomic E-state index is 10.9. The van der Waals surface area contributed by atoms with Crippen LogP contribution in [0.4, 0.5) is 4.39 Å². The second-order valence-corrected chi connectivity index (χ2v) is 0.818. The third-order valence-electron chi connectivity index (χ3n) is 0.321. The van der Waals surface area contributed by atoms with Gasteiger partial charge in [-0.1, -0.05) is 6.92 Å². The summed E-state index contributed by atoms with van der Waals surface area (Å²) in [6.07, 6.45) is -1.78. The van der Waals surface area contributed by atoms with Gasteiger partial charge in [-0.05, 0) is 0 Å². The van der Waals surface area contributed by atoms with E-state index in [-0.39, 0.29) is 6.42 Å². The van der Waals surface area contributed by atoms with Crippen molar-refractivity contribution in [1.82, 2.24) is 0 Å². The van der Waals surface area contributed by atoms with Crippen molar-refractivity contribution in [3.05, 3.63) is 0 Å². The van der Waals surface area contributed by atoms with Gasteiger partial charge in [-0.3, -0.25) is 0 Å². The molecule has 0 amide bonds. The van der Waals surface area contributed by atoms with Crippen molar-refractivity contribution in [2.24, 2.45) is 0 Å². The fourth-order valence-corrected chi connectivity index (χ4v) is 0. The van der Waals surface area contributed by atoms with Gasteiger partial charge in [0.1, 0.15) is 0 Å². The summed E-state index contributed by atoms with van der Waals surface area (Å²) in [5.41, 5.74) is 0. The zero-order valence-corrected chi connectivity index (χ0v) is 3.07. The average Bonchev–Trinajstić information content (AvgIpc) is 1.38. The van der Waals surface area contributed by atoms with E-state index in [2.05, 4.69) is 0 Å². The Morgan fingerprint density at radius 2 is 2.20 bits per heavy atom. The molecule has 0 saturated carbocycles. The van der Waals surface area contributed by atoms with E-state index in [1.165, 1.54) is 6.92 Å². The van der Waals surface area contributed by atoms with Gasteiger partial charge in [0.25, 0.3) is 0 Å². The average molecular weight is 77.1 g/mol. The maximum absolute atomic E-state index is 10.9. The molecule has 0 bridgehead atoms. The molecule has 0 saturated heterocycles. The van der Waals surface area contributed by atoms with Crippen LogP contribution in [-0.4, -0.2) is 6.36 Å². The lowest BCUT2D eigenvalue weighted by Gasteiger charge is -1.81. The van der Waals surface area contributed by atoms with Crippen molar-refractivity contribution in [3.8, 4) is 0 Å². The molecular formula is C3H6FO. The molecule has 0 rings (SSSR count). The van der Waals surface area contributed by atoms with E-state index in [0.717, 1.165) is 0 Å². The molecule has 0 aromatic carbocycles. The number of hydrogen-bond donors (Lipinski definition) is 0. The van der Waals surface area contributed by atoms with Crippen molar-refractivity contribution in [3.63, 3.8) is 0 Å². The van der Waals surface area contributed by atoms with Gasteiger partial charge in [-0.25, -0.2) is 4.39 Å². The lowest BCUT2D eigenvalue weighted by atomic mass is 10.5. The van der Waals surface area contributed by atoms with E-state index < -0.39 is 6.36 Å². The lowest BCUT2D eigenvalue weighted by Crippen LogP contribution is -1.87. The Bertz CT molecular complexity index is 20.9. The van der Waals surface area contributed by atoms with E-state index in [1.54, 1.807) is 0 Å². The number of halogens is 1. The Kier molecular flexibility index (Phi) is 2.10. The molecule has 1 atom stereocenters. The first kappa shape index (κ1) is 4.89. The molecule has 0 spiro atoms. The summed E-state index contributed by atoms with van der Waals surface area (Å²) in [6.45, 7) is 1.51. The standard InChI is InChI=1S/C3H6FO/c1-2-3(4)5/h3H,2H2,1H3/t3-/m0/s1. The summed E-state index contributed by atoms with van der Waals surface area (Å²) in [4.78, 5) is 0. The Labute approximate surface area is 30.4 Å². The van der Waals surface area contributed by atoms with Gasteiger partial charge in [-0.2, -0.15) is 5.11 Å². The summed E-state index contributed by atoms with van der Waals surface area (Å²) in [7, 11) is 0. The minimum atomic E-state index is -1.87. The molecule has 31 valence electrons. The maximum Gasteiger partial charge on any atom is 0.231 e. The van der Waals surface area contributed by atoms with Crippen LogP contribution >= 0.6 is 0 Å². The first-order valence-electron chi connectivity index (χ1n) is 1.57. The van der Waals surface area contributed by atoms with Crippen molar-refractivity contribution in [2.75, 3.05) is 0 Å². The predicted molar refractivity (Wildman–Crippen MR) is 15.9 cm³/mol. The molecule has 0 N–H and O–H groups in total. The highest BCUT2D eigenvalue weighted by Gasteiger charge is 1.90. The van der Waals surface area contributed by atoms with Gasteiger partial charge < -0.3 is 0 Å². The molecule has 0 unspecified atom stereocenters. The number of hydrogen-bond acceptors (Lipinski definition) is 0. The van der Waals surface area contributed by atoms with Gasteiger partial charge >= 0.3 is 0 Å². The van der Waals surface area contributed by atoms with Crippen LogP contribution in [0.2, 0.25) is 0 Å². The number of rotatable bonds is 1. The molecule has 1 nitrogen and oxygen atoms in total. The van der Waals surface area contributed by atoms with Gasteiger partial charge in [0.05, 0.1) is 0 Å². The highest BCUT2D eigenvalue weighted by Crippen LogP contribution is 1.87. The van der Waals surface area contributed by atoms with E-state index in [4.69, 9.17) is 0 Å². The van der Waals surface area contributed by atoms with E-state index in [0.29, 0.717) is 0 Å². The van der Waals surface area contributed by atoms with E-state index >= 15 is 0 Å². The highest BCUT2D eigenvalue weighted by atomic mass is 19.1. The van der Waals surface area contributed by atoms with Crippen LogP contribution in [0.1, 0.15) is 13.3 Å². The summed E-state index contributed by atoms with van der Waals surface area (Å²) in [6, 6.07) is 0. The van der Waals surface area contributed by atoms with Crippen LogP contribution in [-0.2, 0) is 5.11 Å². The molecule has 0 aliphatic carbocycles. The normalized spacial score (nSPS) is 15.0. The molecule has 0 heterocycles. The topological polar surface area (TPSA) is 19.9 Å². The van der Waals surface area contributed by atoms with Gasteiger partial charge in [0, 0.05) is 6.42 Å². The highest BCUT2D eigenvalue weighted by molar-refractivity contribution is 4.22. The van der Waals surface area contributed by atoms with E-state index in [1.807, 2.05) is 0 Å². The zero-order valence-electron chi connectivity index (χ0n) is 3.07. The summed E-state index contributed by atoms with van der Waals surface area (Å²) < 4.78 is 10.9. The molecular weight excluding hydrogens is 71.0 g/mol. The molecule has 5 heavy (non-hydrogen) atoms. The molecule has 0 aliphatic rings. The Hall–Kier alpha value is -0.110. The lowest BCUT2D eigenvalue weighted by molar-refractivity contribution is -0.0242. The largest absolute Gasteiger partial charge is 0.231 e. The molecule has 0 fully saturated rings. The van der Waals surface area contributed by atoms with Gasteiger partial charge in [-0.15, -0.1) is 0 Å². The van der Waals surface area contributed by atoms with Crippen LogP contribution in [0.5, 0.6) is 0 Å². The molecule has 0 aliphatic heterocycles. The van der Waals surface area contributed by atoms with Gasteiger partial charge in [0.2, 0.25) is 6.36 Å². The van der Waals surface area contributed by atoms with Crippen molar-refractivity contribution < 1.29 is 9.50 Å². The van der Waals surface area contributed by atoms with Gasteiger partial charge in [0.15, 0.2) is 0 Å². The summed E-state index contributed by atoms with van der Waals surface area (Å²) in [5, 5.41) is 9.23. The SMILES string of the molecule is CC[C@H]([O])F. The molecule has 2 heteroatoms. The minimum Gasteiger partial charge on any atom is -0.213 e. The minimum absolute atomic E-state index is 0.0833. The van der Waals surface area contributed by atoms with Crippen molar-refractivity contribution in [2.45, 2.75) is 19.7 Å². The third-order valence-corrected chi connectivity index (χ3v) is 0.321. The van der Waals surface area contributed by atoms with Crippen LogP contribution < -0.4 is 0 Å². The second-order valence-electron chi connectivity index (χ2n) is 0.818. The van der Waals surface area contributed by atoms with Crippen molar-refractivity contribution in [1.29, 1.82) is 0 Å². The first-order valence-corrected chi connectivity index (χ1v) is 1.57. The van der Waals surface area contributed by atoms with E-state index in [9.17, 15) is 9.50 Å². The monoisotopic (exact) mass is 77.0 g/mol. The smallest absolute Gasteiger partial charge is 0.213 e.